The minimum atomic E-state index is 0.124. The molecule has 0 aromatic rings. The molecule has 1 amide bonds. The minimum absolute atomic E-state index is 0.124. The molecule has 0 fully saturated rings. The van der Waals surface area contributed by atoms with Crippen molar-refractivity contribution in [1.82, 2.24) is 10.2 Å². The molecule has 0 aliphatic carbocycles. The van der Waals surface area contributed by atoms with E-state index in [0.29, 0.717) is 18.5 Å². The van der Waals surface area contributed by atoms with Gasteiger partial charge in [0.25, 0.3) is 0 Å². The van der Waals surface area contributed by atoms with Gasteiger partial charge >= 0.3 is 0 Å². The van der Waals surface area contributed by atoms with Crippen LogP contribution in [0.4, 0.5) is 0 Å². The summed E-state index contributed by atoms with van der Waals surface area (Å²) in [5.74, 6) is 0.124. The number of hydrogen-bond acceptors (Lipinski definition) is 2. The molecular weight excluding hydrogens is 256 g/mol. The van der Waals surface area contributed by atoms with Crippen molar-refractivity contribution in [3.63, 3.8) is 0 Å². The van der Waals surface area contributed by atoms with Crippen molar-refractivity contribution in [2.75, 3.05) is 18.4 Å². The number of rotatable bonds is 7. The number of amides is 1. The topological polar surface area (TPSA) is 32.3 Å². The SMILES string of the molecule is CC(C)N(CCNC(=O)CCBr)C(C)C. The molecule has 0 aromatic carbocycles. The summed E-state index contributed by atoms with van der Waals surface area (Å²) < 4.78 is 0. The van der Waals surface area contributed by atoms with E-state index in [1.165, 1.54) is 0 Å². The van der Waals surface area contributed by atoms with E-state index in [-0.39, 0.29) is 5.91 Å². The van der Waals surface area contributed by atoms with Gasteiger partial charge in [0, 0.05) is 36.9 Å². The van der Waals surface area contributed by atoms with Gasteiger partial charge in [-0.25, -0.2) is 0 Å². The summed E-state index contributed by atoms with van der Waals surface area (Å²) in [4.78, 5) is 13.6. The largest absolute Gasteiger partial charge is 0.355 e. The van der Waals surface area contributed by atoms with Gasteiger partial charge in [0.2, 0.25) is 5.91 Å². The summed E-state index contributed by atoms with van der Waals surface area (Å²) in [6.07, 6.45) is 0.559. The molecule has 0 unspecified atom stereocenters. The molecule has 90 valence electrons. The van der Waals surface area contributed by atoms with E-state index in [1.54, 1.807) is 0 Å². The summed E-state index contributed by atoms with van der Waals surface area (Å²) in [5.41, 5.74) is 0. The van der Waals surface area contributed by atoms with Gasteiger partial charge < -0.3 is 5.32 Å². The first-order valence-electron chi connectivity index (χ1n) is 5.57. The molecule has 0 heterocycles. The van der Waals surface area contributed by atoms with Crippen molar-refractivity contribution in [3.05, 3.63) is 0 Å². The lowest BCUT2D eigenvalue weighted by Gasteiger charge is -2.30. The molecular formula is C11H23BrN2O. The first-order valence-corrected chi connectivity index (χ1v) is 6.69. The molecule has 15 heavy (non-hydrogen) atoms. The fourth-order valence-electron chi connectivity index (χ4n) is 1.61. The standard InChI is InChI=1S/C11H23BrN2O/c1-9(2)14(10(3)4)8-7-13-11(15)5-6-12/h9-10H,5-8H2,1-4H3,(H,13,15). The van der Waals surface area contributed by atoms with E-state index in [2.05, 4.69) is 53.8 Å². The van der Waals surface area contributed by atoms with Crippen molar-refractivity contribution in [1.29, 1.82) is 0 Å². The fraction of sp³-hybridized carbons (Fsp3) is 0.909. The van der Waals surface area contributed by atoms with Gasteiger partial charge in [0.05, 0.1) is 0 Å². The summed E-state index contributed by atoms with van der Waals surface area (Å²) >= 11 is 3.25. The highest BCUT2D eigenvalue weighted by molar-refractivity contribution is 9.09. The van der Waals surface area contributed by atoms with Gasteiger partial charge in [-0.2, -0.15) is 0 Å². The molecule has 0 bridgehead atoms. The smallest absolute Gasteiger partial charge is 0.220 e. The summed E-state index contributed by atoms with van der Waals surface area (Å²) in [5, 5.41) is 3.65. The van der Waals surface area contributed by atoms with Crippen LogP contribution in [0.2, 0.25) is 0 Å². The molecule has 0 spiro atoms. The van der Waals surface area contributed by atoms with E-state index in [9.17, 15) is 4.79 Å². The first-order chi connectivity index (χ1) is 6.99. The van der Waals surface area contributed by atoms with Crippen molar-refractivity contribution < 1.29 is 4.79 Å². The Morgan fingerprint density at radius 1 is 1.27 bits per heavy atom. The molecule has 0 atom stereocenters. The van der Waals surface area contributed by atoms with Crippen LogP contribution >= 0.6 is 15.9 Å². The van der Waals surface area contributed by atoms with Gasteiger partial charge in [0.1, 0.15) is 0 Å². The Balaban J connectivity index is 3.76. The Kier molecular flexibility index (Phi) is 8.06. The van der Waals surface area contributed by atoms with E-state index < -0.39 is 0 Å². The highest BCUT2D eigenvalue weighted by Gasteiger charge is 2.12. The molecule has 0 aliphatic rings. The zero-order valence-corrected chi connectivity index (χ0v) is 11.8. The number of hydrogen-bond donors (Lipinski definition) is 1. The molecule has 1 N–H and O–H groups in total. The lowest BCUT2D eigenvalue weighted by molar-refractivity contribution is -0.120. The third-order valence-corrected chi connectivity index (χ3v) is 2.74. The van der Waals surface area contributed by atoms with E-state index in [0.717, 1.165) is 18.4 Å². The molecule has 0 saturated heterocycles. The van der Waals surface area contributed by atoms with Gasteiger partial charge in [-0.05, 0) is 27.7 Å². The monoisotopic (exact) mass is 278 g/mol. The quantitative estimate of drug-likeness (QED) is 0.723. The predicted octanol–water partition coefficient (Wildman–Crippen LogP) is 2.01. The van der Waals surface area contributed by atoms with Gasteiger partial charge in [-0.15, -0.1) is 0 Å². The number of carbonyl (C=O) groups is 1. The normalized spacial score (nSPS) is 11.5. The van der Waals surface area contributed by atoms with Crippen molar-refractivity contribution in [2.45, 2.75) is 46.2 Å². The summed E-state index contributed by atoms with van der Waals surface area (Å²) in [6, 6.07) is 1.05. The maximum atomic E-state index is 11.2. The number of halogens is 1. The zero-order valence-electron chi connectivity index (χ0n) is 10.2. The van der Waals surface area contributed by atoms with Gasteiger partial charge in [-0.3, -0.25) is 9.69 Å². The van der Waals surface area contributed by atoms with Crippen LogP contribution in [0, 0.1) is 0 Å². The highest BCUT2D eigenvalue weighted by atomic mass is 79.9. The molecule has 0 aliphatic heterocycles. The fourth-order valence-corrected chi connectivity index (χ4v) is 1.97. The first kappa shape index (κ1) is 14.9. The third-order valence-electron chi connectivity index (χ3n) is 2.34. The van der Waals surface area contributed by atoms with Crippen molar-refractivity contribution >= 4 is 21.8 Å². The van der Waals surface area contributed by atoms with Gasteiger partial charge in [-0.1, -0.05) is 15.9 Å². The maximum absolute atomic E-state index is 11.2. The van der Waals surface area contributed by atoms with E-state index >= 15 is 0 Å². The van der Waals surface area contributed by atoms with Crippen LogP contribution in [0.5, 0.6) is 0 Å². The van der Waals surface area contributed by atoms with Crippen molar-refractivity contribution in [3.8, 4) is 0 Å². The Morgan fingerprint density at radius 3 is 2.20 bits per heavy atom. The second-order valence-corrected chi connectivity index (χ2v) is 5.01. The third kappa shape index (κ3) is 6.90. The van der Waals surface area contributed by atoms with Crippen LogP contribution in [0.25, 0.3) is 0 Å². The van der Waals surface area contributed by atoms with Crippen molar-refractivity contribution in [2.24, 2.45) is 0 Å². The maximum Gasteiger partial charge on any atom is 0.220 e. The van der Waals surface area contributed by atoms with Crippen LogP contribution in [-0.4, -0.2) is 41.3 Å². The Bertz CT molecular complexity index is 175. The molecule has 0 aromatic heterocycles. The molecule has 0 rings (SSSR count). The lowest BCUT2D eigenvalue weighted by atomic mass is 10.2. The van der Waals surface area contributed by atoms with Crippen LogP contribution in [0.1, 0.15) is 34.1 Å². The molecule has 0 saturated carbocycles. The van der Waals surface area contributed by atoms with Crippen LogP contribution in [-0.2, 0) is 4.79 Å². The zero-order chi connectivity index (χ0) is 11.8. The summed E-state index contributed by atoms with van der Waals surface area (Å²) in [6.45, 7) is 10.4. The number of carbonyl (C=O) groups excluding carboxylic acids is 1. The number of nitrogens with one attached hydrogen (secondary N) is 1. The second-order valence-electron chi connectivity index (χ2n) is 4.21. The molecule has 0 radical (unpaired) electrons. The Labute approximate surface area is 102 Å². The Morgan fingerprint density at radius 2 is 1.80 bits per heavy atom. The number of nitrogens with zero attached hydrogens (tertiary/aromatic N) is 1. The minimum Gasteiger partial charge on any atom is -0.355 e. The van der Waals surface area contributed by atoms with Crippen LogP contribution in [0.15, 0.2) is 0 Å². The van der Waals surface area contributed by atoms with E-state index in [4.69, 9.17) is 0 Å². The Hall–Kier alpha value is -0.0900. The average molecular weight is 279 g/mol. The van der Waals surface area contributed by atoms with Crippen LogP contribution < -0.4 is 5.32 Å². The van der Waals surface area contributed by atoms with Gasteiger partial charge in [0.15, 0.2) is 0 Å². The van der Waals surface area contributed by atoms with Crippen LogP contribution in [0.3, 0.4) is 0 Å². The molecule has 3 nitrogen and oxygen atoms in total. The number of alkyl halides is 1. The predicted molar refractivity (Wildman–Crippen MR) is 68.4 cm³/mol. The van der Waals surface area contributed by atoms with E-state index in [1.807, 2.05) is 0 Å². The molecule has 4 heteroatoms. The highest BCUT2D eigenvalue weighted by Crippen LogP contribution is 2.03. The second kappa shape index (κ2) is 8.11. The summed E-state index contributed by atoms with van der Waals surface area (Å²) in [7, 11) is 0. The average Bonchev–Trinajstić information content (AvgIpc) is 2.11. The lowest BCUT2D eigenvalue weighted by Crippen LogP contribution is -2.42.